The van der Waals surface area contributed by atoms with Gasteiger partial charge in [-0.25, -0.2) is 0 Å². The first kappa shape index (κ1) is 11.6. The molecule has 16 heavy (non-hydrogen) atoms. The van der Waals surface area contributed by atoms with Gasteiger partial charge in [0, 0.05) is 18.6 Å². The molecule has 0 saturated carbocycles. The highest BCUT2D eigenvalue weighted by Crippen LogP contribution is 2.23. The molecule has 0 saturated heterocycles. The molecule has 1 aromatic carbocycles. The van der Waals surface area contributed by atoms with Crippen molar-refractivity contribution < 1.29 is 5.11 Å². The second-order valence-corrected chi connectivity index (χ2v) is 4.47. The van der Waals surface area contributed by atoms with Crippen LogP contribution < -0.4 is 10.6 Å². The van der Waals surface area contributed by atoms with E-state index in [4.69, 9.17) is 5.11 Å². The van der Waals surface area contributed by atoms with Crippen molar-refractivity contribution in [1.82, 2.24) is 10.6 Å². The Labute approximate surface area is 96.9 Å². The van der Waals surface area contributed by atoms with Crippen LogP contribution in [0, 0.1) is 0 Å². The monoisotopic (exact) mass is 220 g/mol. The van der Waals surface area contributed by atoms with Gasteiger partial charge in [-0.3, -0.25) is 0 Å². The summed E-state index contributed by atoms with van der Waals surface area (Å²) in [4.78, 5) is 0. The summed E-state index contributed by atoms with van der Waals surface area (Å²) in [5.74, 6) is 0. The molecular formula is C13H20N2O. The Morgan fingerprint density at radius 2 is 2.31 bits per heavy atom. The Hall–Kier alpha value is -0.900. The molecular weight excluding hydrogens is 200 g/mol. The summed E-state index contributed by atoms with van der Waals surface area (Å²) >= 11 is 0. The fraction of sp³-hybridized carbons (Fsp3) is 0.538. The molecule has 3 nitrogen and oxygen atoms in total. The van der Waals surface area contributed by atoms with E-state index in [1.54, 1.807) is 0 Å². The van der Waals surface area contributed by atoms with Gasteiger partial charge in [-0.1, -0.05) is 24.3 Å². The Morgan fingerprint density at radius 1 is 1.50 bits per heavy atom. The zero-order valence-corrected chi connectivity index (χ0v) is 9.74. The maximum atomic E-state index is 9.11. The van der Waals surface area contributed by atoms with Crippen LogP contribution in [0.3, 0.4) is 0 Å². The van der Waals surface area contributed by atoms with Gasteiger partial charge in [-0.2, -0.15) is 0 Å². The predicted octanol–water partition coefficient (Wildman–Crippen LogP) is 1.19. The van der Waals surface area contributed by atoms with E-state index in [2.05, 4.69) is 34.9 Å². The van der Waals surface area contributed by atoms with Crippen LogP contribution in [0.2, 0.25) is 0 Å². The van der Waals surface area contributed by atoms with Crippen LogP contribution in [0.1, 0.15) is 30.5 Å². The van der Waals surface area contributed by atoms with E-state index in [-0.39, 0.29) is 12.6 Å². The van der Waals surface area contributed by atoms with Gasteiger partial charge in [-0.05, 0) is 31.0 Å². The van der Waals surface area contributed by atoms with Crippen molar-refractivity contribution in [2.24, 2.45) is 0 Å². The van der Waals surface area contributed by atoms with E-state index < -0.39 is 0 Å². The largest absolute Gasteiger partial charge is 0.395 e. The lowest BCUT2D eigenvalue weighted by Gasteiger charge is -2.22. The Bertz CT molecular complexity index is 340. The molecule has 0 aliphatic carbocycles. The molecule has 1 heterocycles. The van der Waals surface area contributed by atoms with Crippen LogP contribution in [0.15, 0.2) is 24.3 Å². The second kappa shape index (κ2) is 5.43. The summed E-state index contributed by atoms with van der Waals surface area (Å²) in [5.41, 5.74) is 2.73. The smallest absolute Gasteiger partial charge is 0.0582 e. The van der Waals surface area contributed by atoms with Crippen molar-refractivity contribution >= 4 is 0 Å². The van der Waals surface area contributed by atoms with Crippen LogP contribution in [0.5, 0.6) is 0 Å². The molecule has 0 spiro atoms. The molecule has 1 aliphatic heterocycles. The van der Waals surface area contributed by atoms with E-state index >= 15 is 0 Å². The first-order valence-corrected chi connectivity index (χ1v) is 5.96. The SMILES string of the molecule is C[C@H](CO)NC1CCNCc2ccccc21. The lowest BCUT2D eigenvalue weighted by molar-refractivity contribution is 0.239. The maximum Gasteiger partial charge on any atom is 0.0582 e. The number of hydrogen-bond acceptors (Lipinski definition) is 3. The minimum absolute atomic E-state index is 0.149. The summed E-state index contributed by atoms with van der Waals surface area (Å²) in [6.07, 6.45) is 1.07. The van der Waals surface area contributed by atoms with Crippen molar-refractivity contribution in [1.29, 1.82) is 0 Å². The molecule has 2 atom stereocenters. The number of rotatable bonds is 3. The van der Waals surface area contributed by atoms with Gasteiger partial charge in [0.25, 0.3) is 0 Å². The first-order chi connectivity index (χ1) is 7.81. The van der Waals surface area contributed by atoms with Crippen molar-refractivity contribution in [3.05, 3.63) is 35.4 Å². The van der Waals surface area contributed by atoms with E-state index in [1.165, 1.54) is 11.1 Å². The lowest BCUT2D eigenvalue weighted by Crippen LogP contribution is -2.33. The van der Waals surface area contributed by atoms with Crippen molar-refractivity contribution in [3.63, 3.8) is 0 Å². The van der Waals surface area contributed by atoms with Gasteiger partial charge in [-0.15, -0.1) is 0 Å². The van der Waals surface area contributed by atoms with E-state index in [1.807, 2.05) is 6.92 Å². The Morgan fingerprint density at radius 3 is 3.12 bits per heavy atom. The van der Waals surface area contributed by atoms with Crippen LogP contribution in [0.25, 0.3) is 0 Å². The van der Waals surface area contributed by atoms with E-state index in [0.717, 1.165) is 19.5 Å². The molecule has 0 aromatic heterocycles. The third-order valence-corrected chi connectivity index (χ3v) is 3.12. The zero-order chi connectivity index (χ0) is 11.4. The van der Waals surface area contributed by atoms with Gasteiger partial charge in [0.15, 0.2) is 0 Å². The minimum atomic E-state index is 0.149. The summed E-state index contributed by atoms with van der Waals surface area (Å²) < 4.78 is 0. The summed E-state index contributed by atoms with van der Waals surface area (Å²) in [6.45, 7) is 4.17. The van der Waals surface area contributed by atoms with Crippen LogP contribution in [0.4, 0.5) is 0 Å². The number of fused-ring (bicyclic) bond motifs is 1. The lowest BCUT2D eigenvalue weighted by atomic mass is 9.99. The zero-order valence-electron chi connectivity index (χ0n) is 9.74. The highest BCUT2D eigenvalue weighted by atomic mass is 16.3. The molecule has 0 radical (unpaired) electrons. The molecule has 1 aliphatic rings. The summed E-state index contributed by atoms with van der Waals surface area (Å²) in [6, 6.07) is 9.03. The van der Waals surface area contributed by atoms with Crippen LogP contribution in [-0.4, -0.2) is 24.3 Å². The third-order valence-electron chi connectivity index (χ3n) is 3.12. The van der Waals surface area contributed by atoms with E-state index in [9.17, 15) is 0 Å². The molecule has 3 heteroatoms. The molecule has 0 bridgehead atoms. The molecule has 0 amide bonds. The Balaban J connectivity index is 2.19. The molecule has 3 N–H and O–H groups in total. The highest BCUT2D eigenvalue weighted by molar-refractivity contribution is 5.31. The van der Waals surface area contributed by atoms with Crippen molar-refractivity contribution in [2.75, 3.05) is 13.2 Å². The normalized spacial score (nSPS) is 22.2. The number of aliphatic hydroxyl groups is 1. The van der Waals surface area contributed by atoms with Gasteiger partial charge < -0.3 is 15.7 Å². The number of benzene rings is 1. The molecule has 88 valence electrons. The van der Waals surface area contributed by atoms with Gasteiger partial charge in [0.1, 0.15) is 0 Å². The maximum absolute atomic E-state index is 9.11. The summed E-state index contributed by atoms with van der Waals surface area (Å²) in [5, 5.41) is 16.0. The number of aliphatic hydroxyl groups excluding tert-OH is 1. The topological polar surface area (TPSA) is 44.3 Å². The van der Waals surface area contributed by atoms with Crippen LogP contribution in [-0.2, 0) is 6.54 Å². The standard InChI is InChI=1S/C13H20N2O/c1-10(9-16)15-13-6-7-14-8-11-4-2-3-5-12(11)13/h2-5,10,13-16H,6-9H2,1H3/t10-,13?/m1/s1. The molecule has 0 fully saturated rings. The molecule has 1 aromatic rings. The number of nitrogens with one attached hydrogen (secondary N) is 2. The van der Waals surface area contributed by atoms with Crippen molar-refractivity contribution in [2.45, 2.75) is 32.0 Å². The van der Waals surface area contributed by atoms with Gasteiger partial charge in [0.05, 0.1) is 6.61 Å². The summed E-state index contributed by atoms with van der Waals surface area (Å²) in [7, 11) is 0. The molecule has 1 unspecified atom stereocenters. The third kappa shape index (κ3) is 2.61. The molecule has 2 rings (SSSR count). The van der Waals surface area contributed by atoms with Gasteiger partial charge in [0.2, 0.25) is 0 Å². The fourth-order valence-corrected chi connectivity index (χ4v) is 2.23. The average Bonchev–Trinajstić information content (AvgIpc) is 2.52. The minimum Gasteiger partial charge on any atom is -0.395 e. The highest BCUT2D eigenvalue weighted by Gasteiger charge is 2.18. The van der Waals surface area contributed by atoms with E-state index in [0.29, 0.717) is 6.04 Å². The fourth-order valence-electron chi connectivity index (χ4n) is 2.23. The number of hydrogen-bond donors (Lipinski definition) is 3. The van der Waals surface area contributed by atoms with Gasteiger partial charge >= 0.3 is 0 Å². The quantitative estimate of drug-likeness (QED) is 0.717. The second-order valence-electron chi connectivity index (χ2n) is 4.47. The Kier molecular flexibility index (Phi) is 3.93. The first-order valence-electron chi connectivity index (χ1n) is 5.96. The average molecular weight is 220 g/mol. The van der Waals surface area contributed by atoms with Crippen LogP contribution >= 0.6 is 0 Å². The predicted molar refractivity (Wildman–Crippen MR) is 65.2 cm³/mol. The van der Waals surface area contributed by atoms with Crippen molar-refractivity contribution in [3.8, 4) is 0 Å².